The number of hydrogen-bond acceptors (Lipinski definition) is 4. The Kier molecular flexibility index (Phi) is 4.66. The molecule has 0 aliphatic rings. The maximum Gasteiger partial charge on any atom is 0.186 e. The Morgan fingerprint density at radius 1 is 1.00 bits per heavy atom. The van der Waals surface area contributed by atoms with Crippen LogP contribution in [-0.2, 0) is 0 Å². The molecule has 5 heteroatoms. The molecule has 0 amide bonds. The summed E-state index contributed by atoms with van der Waals surface area (Å²) in [6, 6.07) is 16.0. The first kappa shape index (κ1) is 17.0. The van der Waals surface area contributed by atoms with Gasteiger partial charge in [0.15, 0.2) is 11.5 Å². The Balaban J connectivity index is 1.54. The maximum atomic E-state index is 5.68. The lowest BCUT2D eigenvalue weighted by Crippen LogP contribution is -1.94. The van der Waals surface area contributed by atoms with Crippen LogP contribution < -0.4 is 4.74 Å². The molecule has 134 valence electrons. The van der Waals surface area contributed by atoms with Gasteiger partial charge < -0.3 is 4.74 Å². The van der Waals surface area contributed by atoms with Crippen molar-refractivity contribution in [2.24, 2.45) is 0 Å². The molecule has 27 heavy (non-hydrogen) atoms. The highest BCUT2D eigenvalue weighted by Gasteiger charge is 2.07. The topological polar surface area (TPSA) is 52.3 Å². The first-order valence-electron chi connectivity index (χ1n) is 8.84. The Morgan fingerprint density at radius 2 is 1.81 bits per heavy atom. The molecule has 2 aromatic carbocycles. The van der Waals surface area contributed by atoms with Gasteiger partial charge in [0.25, 0.3) is 0 Å². The Bertz CT molecular complexity index is 1140. The smallest absolute Gasteiger partial charge is 0.186 e. The summed E-state index contributed by atoms with van der Waals surface area (Å²) in [5.74, 6) is 1.55. The van der Waals surface area contributed by atoms with Crippen molar-refractivity contribution >= 4 is 28.6 Å². The van der Waals surface area contributed by atoms with Gasteiger partial charge in [0, 0.05) is 10.8 Å². The van der Waals surface area contributed by atoms with Gasteiger partial charge in [0.2, 0.25) is 0 Å². The van der Waals surface area contributed by atoms with Crippen molar-refractivity contribution in [3.05, 3.63) is 77.8 Å². The Hall–Kier alpha value is -3.47. The van der Waals surface area contributed by atoms with E-state index >= 15 is 0 Å². The quantitative estimate of drug-likeness (QED) is 0.482. The number of allylic oxidation sites excluding steroid dienone is 1. The zero-order valence-corrected chi connectivity index (χ0v) is 15.3. The summed E-state index contributed by atoms with van der Waals surface area (Å²) in [5, 5.41) is 15.1. The third-order valence-electron chi connectivity index (χ3n) is 4.23. The lowest BCUT2D eigenvalue weighted by atomic mass is 10.2. The minimum absolute atomic E-state index is 0.586. The fourth-order valence-corrected chi connectivity index (χ4v) is 2.76. The number of benzene rings is 2. The van der Waals surface area contributed by atoms with Crippen molar-refractivity contribution in [3.8, 4) is 5.75 Å². The SMILES string of the molecule is CC(C)=CCOc1ccc(/C=C/c2nnc3c4ccccc4cnn23)cc1. The first-order valence-corrected chi connectivity index (χ1v) is 8.84. The van der Waals surface area contributed by atoms with Crippen molar-refractivity contribution in [2.45, 2.75) is 13.8 Å². The Morgan fingerprint density at radius 3 is 2.63 bits per heavy atom. The van der Waals surface area contributed by atoms with Gasteiger partial charge in [-0.05, 0) is 43.7 Å². The van der Waals surface area contributed by atoms with Crippen molar-refractivity contribution in [2.75, 3.05) is 6.61 Å². The molecule has 2 aromatic heterocycles. The van der Waals surface area contributed by atoms with E-state index in [-0.39, 0.29) is 0 Å². The zero-order valence-electron chi connectivity index (χ0n) is 15.3. The van der Waals surface area contributed by atoms with E-state index in [0.29, 0.717) is 12.4 Å². The molecule has 0 unspecified atom stereocenters. The summed E-state index contributed by atoms with van der Waals surface area (Å²) in [6.07, 6.45) is 7.80. The van der Waals surface area contributed by atoms with E-state index < -0.39 is 0 Å². The average Bonchev–Trinajstić information content (AvgIpc) is 3.11. The van der Waals surface area contributed by atoms with Crippen molar-refractivity contribution in [1.82, 2.24) is 19.8 Å². The van der Waals surface area contributed by atoms with Gasteiger partial charge in [-0.25, -0.2) is 0 Å². The van der Waals surface area contributed by atoms with E-state index in [1.807, 2.05) is 66.9 Å². The molecule has 0 saturated heterocycles. The summed E-state index contributed by atoms with van der Waals surface area (Å²) < 4.78 is 7.44. The fraction of sp³-hybridized carbons (Fsp3) is 0.136. The summed E-state index contributed by atoms with van der Waals surface area (Å²) >= 11 is 0. The standard InChI is InChI=1S/C22H20N4O/c1-16(2)13-14-27-19-10-7-17(8-11-19)9-12-21-24-25-22-20-6-4-3-5-18(20)15-23-26(21)22/h3-13,15H,14H2,1-2H3/b12-9+. The lowest BCUT2D eigenvalue weighted by molar-refractivity contribution is 0.362. The zero-order chi connectivity index (χ0) is 18.6. The van der Waals surface area contributed by atoms with Crippen molar-refractivity contribution in [3.63, 3.8) is 0 Å². The van der Waals surface area contributed by atoms with Gasteiger partial charge in [-0.15, -0.1) is 10.2 Å². The normalized spacial score (nSPS) is 11.3. The minimum atomic E-state index is 0.586. The molecule has 5 nitrogen and oxygen atoms in total. The second kappa shape index (κ2) is 7.41. The molecule has 0 N–H and O–H groups in total. The highest BCUT2D eigenvalue weighted by molar-refractivity contribution is 5.93. The highest BCUT2D eigenvalue weighted by Crippen LogP contribution is 2.18. The molecule has 0 bridgehead atoms. The molecule has 0 atom stereocenters. The summed E-state index contributed by atoms with van der Waals surface area (Å²) in [6.45, 7) is 4.70. The number of rotatable bonds is 5. The molecular formula is C22H20N4O. The van der Waals surface area contributed by atoms with Crippen LogP contribution in [-0.4, -0.2) is 26.4 Å². The minimum Gasteiger partial charge on any atom is -0.490 e. The van der Waals surface area contributed by atoms with Crippen LogP contribution in [0.4, 0.5) is 0 Å². The summed E-state index contributed by atoms with van der Waals surface area (Å²) in [5.41, 5.74) is 3.06. The van der Waals surface area contributed by atoms with Crippen LogP contribution in [0, 0.1) is 0 Å². The summed E-state index contributed by atoms with van der Waals surface area (Å²) in [4.78, 5) is 0. The number of nitrogens with zero attached hydrogens (tertiary/aromatic N) is 4. The highest BCUT2D eigenvalue weighted by atomic mass is 16.5. The van der Waals surface area contributed by atoms with Gasteiger partial charge >= 0.3 is 0 Å². The molecule has 2 heterocycles. The van der Waals surface area contributed by atoms with E-state index in [9.17, 15) is 0 Å². The van der Waals surface area contributed by atoms with Crippen LogP contribution in [0.15, 0.2) is 66.4 Å². The molecular weight excluding hydrogens is 336 g/mol. The molecule has 0 aliphatic carbocycles. The molecule has 0 aliphatic heterocycles. The number of ether oxygens (including phenoxy) is 1. The molecule has 0 fully saturated rings. The van der Waals surface area contributed by atoms with Gasteiger partial charge in [-0.2, -0.15) is 9.61 Å². The number of aromatic nitrogens is 4. The van der Waals surface area contributed by atoms with E-state index in [1.165, 1.54) is 5.57 Å². The predicted octanol–water partition coefficient (Wildman–Crippen LogP) is 4.79. The van der Waals surface area contributed by atoms with E-state index in [1.54, 1.807) is 4.52 Å². The molecule has 0 saturated carbocycles. The van der Waals surface area contributed by atoms with Crippen LogP contribution in [0.5, 0.6) is 5.75 Å². The fourth-order valence-electron chi connectivity index (χ4n) is 2.76. The van der Waals surface area contributed by atoms with Gasteiger partial charge in [0.1, 0.15) is 12.4 Å². The second-order valence-electron chi connectivity index (χ2n) is 6.52. The van der Waals surface area contributed by atoms with E-state index in [0.717, 1.165) is 27.7 Å². The summed E-state index contributed by atoms with van der Waals surface area (Å²) in [7, 11) is 0. The van der Waals surface area contributed by atoms with Crippen LogP contribution in [0.3, 0.4) is 0 Å². The monoisotopic (exact) mass is 356 g/mol. The number of hydrogen-bond donors (Lipinski definition) is 0. The number of fused-ring (bicyclic) bond motifs is 3. The van der Waals surface area contributed by atoms with Crippen molar-refractivity contribution in [1.29, 1.82) is 0 Å². The van der Waals surface area contributed by atoms with Gasteiger partial charge in [0.05, 0.1) is 6.20 Å². The lowest BCUT2D eigenvalue weighted by Gasteiger charge is -2.03. The van der Waals surface area contributed by atoms with Gasteiger partial charge in [-0.1, -0.05) is 48.0 Å². The van der Waals surface area contributed by atoms with Crippen LogP contribution in [0.1, 0.15) is 25.2 Å². The predicted molar refractivity (Wildman–Crippen MR) is 109 cm³/mol. The third-order valence-corrected chi connectivity index (χ3v) is 4.23. The second-order valence-corrected chi connectivity index (χ2v) is 6.52. The van der Waals surface area contributed by atoms with Crippen LogP contribution in [0.2, 0.25) is 0 Å². The van der Waals surface area contributed by atoms with E-state index in [2.05, 4.69) is 35.2 Å². The molecule has 4 rings (SSSR count). The largest absolute Gasteiger partial charge is 0.490 e. The van der Waals surface area contributed by atoms with Gasteiger partial charge in [-0.3, -0.25) is 0 Å². The van der Waals surface area contributed by atoms with Crippen LogP contribution in [0.25, 0.3) is 28.6 Å². The van der Waals surface area contributed by atoms with Crippen LogP contribution >= 0.6 is 0 Å². The first-order chi connectivity index (χ1) is 13.2. The van der Waals surface area contributed by atoms with Crippen molar-refractivity contribution < 1.29 is 4.74 Å². The average molecular weight is 356 g/mol. The molecule has 0 radical (unpaired) electrons. The third kappa shape index (κ3) is 3.72. The Labute approximate surface area is 157 Å². The molecule has 4 aromatic rings. The maximum absolute atomic E-state index is 5.68. The molecule has 0 spiro atoms. The van der Waals surface area contributed by atoms with E-state index in [4.69, 9.17) is 4.74 Å².